The summed E-state index contributed by atoms with van der Waals surface area (Å²) >= 11 is 0. The fourth-order valence-electron chi connectivity index (χ4n) is 1.51. The SMILES string of the molecule is CCCNc1nccn1-c1ccccc1F. The quantitative estimate of drug-likeness (QED) is 0.856. The molecule has 1 aromatic heterocycles. The normalized spacial score (nSPS) is 10.4. The van der Waals surface area contributed by atoms with Crippen molar-refractivity contribution in [2.24, 2.45) is 0 Å². The molecule has 2 rings (SSSR count). The lowest BCUT2D eigenvalue weighted by Crippen LogP contribution is -2.07. The first-order valence-electron chi connectivity index (χ1n) is 5.35. The predicted octanol–water partition coefficient (Wildman–Crippen LogP) is 2.83. The van der Waals surface area contributed by atoms with Gasteiger partial charge in [-0.1, -0.05) is 19.1 Å². The minimum absolute atomic E-state index is 0.250. The number of anilines is 1. The highest BCUT2D eigenvalue weighted by Crippen LogP contribution is 2.17. The number of hydrogen-bond donors (Lipinski definition) is 1. The third-order valence-electron chi connectivity index (χ3n) is 2.29. The Hall–Kier alpha value is -1.84. The first-order chi connectivity index (χ1) is 7.83. The Bertz CT molecular complexity index is 465. The van der Waals surface area contributed by atoms with E-state index >= 15 is 0 Å². The van der Waals surface area contributed by atoms with Crippen LogP contribution < -0.4 is 5.32 Å². The van der Waals surface area contributed by atoms with Crippen molar-refractivity contribution in [2.75, 3.05) is 11.9 Å². The van der Waals surface area contributed by atoms with Gasteiger partial charge in [-0.3, -0.25) is 4.57 Å². The summed E-state index contributed by atoms with van der Waals surface area (Å²) in [5.41, 5.74) is 0.513. The number of imidazole rings is 1. The van der Waals surface area contributed by atoms with Crippen LogP contribution in [0.4, 0.5) is 10.3 Å². The highest BCUT2D eigenvalue weighted by atomic mass is 19.1. The van der Waals surface area contributed by atoms with Gasteiger partial charge in [-0.25, -0.2) is 9.37 Å². The number of benzene rings is 1. The fourth-order valence-corrected chi connectivity index (χ4v) is 1.51. The molecule has 0 aliphatic carbocycles. The zero-order valence-electron chi connectivity index (χ0n) is 9.15. The van der Waals surface area contributed by atoms with Crippen LogP contribution in [0.1, 0.15) is 13.3 Å². The molecule has 16 heavy (non-hydrogen) atoms. The topological polar surface area (TPSA) is 29.9 Å². The van der Waals surface area contributed by atoms with Crippen molar-refractivity contribution in [3.63, 3.8) is 0 Å². The number of nitrogens with zero attached hydrogens (tertiary/aromatic N) is 2. The molecule has 0 atom stereocenters. The van der Waals surface area contributed by atoms with Gasteiger partial charge in [0.15, 0.2) is 0 Å². The van der Waals surface area contributed by atoms with E-state index in [4.69, 9.17) is 0 Å². The molecule has 84 valence electrons. The summed E-state index contributed by atoms with van der Waals surface area (Å²) in [4.78, 5) is 4.16. The van der Waals surface area contributed by atoms with Crippen molar-refractivity contribution in [2.45, 2.75) is 13.3 Å². The van der Waals surface area contributed by atoms with Crippen LogP contribution >= 0.6 is 0 Å². The third-order valence-corrected chi connectivity index (χ3v) is 2.29. The first kappa shape index (κ1) is 10.7. The summed E-state index contributed by atoms with van der Waals surface area (Å²) in [5, 5.41) is 3.15. The second-order valence-electron chi connectivity index (χ2n) is 3.50. The molecule has 0 bridgehead atoms. The zero-order chi connectivity index (χ0) is 11.4. The second kappa shape index (κ2) is 4.79. The van der Waals surface area contributed by atoms with Gasteiger partial charge in [-0.15, -0.1) is 0 Å². The summed E-state index contributed by atoms with van der Waals surface area (Å²) in [6.07, 6.45) is 4.41. The van der Waals surface area contributed by atoms with E-state index in [1.165, 1.54) is 6.07 Å². The second-order valence-corrected chi connectivity index (χ2v) is 3.50. The molecule has 2 aromatic rings. The van der Waals surface area contributed by atoms with Crippen LogP contribution in [0.5, 0.6) is 0 Å². The minimum atomic E-state index is -0.250. The molecule has 0 amide bonds. The van der Waals surface area contributed by atoms with Crippen LogP contribution in [0.25, 0.3) is 5.69 Å². The maximum Gasteiger partial charge on any atom is 0.207 e. The van der Waals surface area contributed by atoms with E-state index in [9.17, 15) is 4.39 Å². The van der Waals surface area contributed by atoms with E-state index in [0.717, 1.165) is 13.0 Å². The van der Waals surface area contributed by atoms with Gasteiger partial charge in [0.05, 0.1) is 5.69 Å². The molecule has 0 aliphatic rings. The molecule has 0 aliphatic heterocycles. The van der Waals surface area contributed by atoms with E-state index < -0.39 is 0 Å². The average molecular weight is 219 g/mol. The Morgan fingerprint density at radius 3 is 2.94 bits per heavy atom. The molecule has 1 N–H and O–H groups in total. The Balaban J connectivity index is 2.33. The van der Waals surface area contributed by atoms with Gasteiger partial charge in [0, 0.05) is 18.9 Å². The van der Waals surface area contributed by atoms with E-state index in [1.807, 2.05) is 6.07 Å². The molecule has 3 nitrogen and oxygen atoms in total. The van der Waals surface area contributed by atoms with Gasteiger partial charge in [-0.05, 0) is 18.6 Å². The van der Waals surface area contributed by atoms with Crippen LogP contribution in [0.15, 0.2) is 36.7 Å². The predicted molar refractivity (Wildman–Crippen MR) is 62.3 cm³/mol. The lowest BCUT2D eigenvalue weighted by molar-refractivity contribution is 0.618. The van der Waals surface area contributed by atoms with Crippen LogP contribution in [0, 0.1) is 5.82 Å². The summed E-state index contributed by atoms with van der Waals surface area (Å²) in [6, 6.07) is 6.66. The highest BCUT2D eigenvalue weighted by molar-refractivity contribution is 5.42. The van der Waals surface area contributed by atoms with Crippen molar-refractivity contribution in [1.29, 1.82) is 0 Å². The molecule has 1 heterocycles. The lowest BCUT2D eigenvalue weighted by Gasteiger charge is -2.09. The van der Waals surface area contributed by atoms with Crippen molar-refractivity contribution >= 4 is 5.95 Å². The largest absolute Gasteiger partial charge is 0.355 e. The molecule has 4 heteroatoms. The van der Waals surface area contributed by atoms with E-state index in [-0.39, 0.29) is 5.82 Å². The Labute approximate surface area is 93.9 Å². The van der Waals surface area contributed by atoms with E-state index in [0.29, 0.717) is 11.6 Å². The molecule has 0 saturated heterocycles. The first-order valence-corrected chi connectivity index (χ1v) is 5.35. The molecule has 1 aromatic carbocycles. The molecular weight excluding hydrogens is 205 g/mol. The van der Waals surface area contributed by atoms with Crippen LogP contribution in [-0.2, 0) is 0 Å². The fraction of sp³-hybridized carbons (Fsp3) is 0.250. The maximum atomic E-state index is 13.6. The Kier molecular flexibility index (Phi) is 3.19. The van der Waals surface area contributed by atoms with Crippen LogP contribution in [0.3, 0.4) is 0 Å². The summed E-state index contributed by atoms with van der Waals surface area (Å²) in [6.45, 7) is 2.90. The lowest BCUT2D eigenvalue weighted by atomic mass is 10.3. The smallest absolute Gasteiger partial charge is 0.207 e. The molecule has 0 saturated carbocycles. The van der Waals surface area contributed by atoms with Crippen LogP contribution in [-0.4, -0.2) is 16.1 Å². The average Bonchev–Trinajstić information content (AvgIpc) is 2.75. The minimum Gasteiger partial charge on any atom is -0.355 e. The highest BCUT2D eigenvalue weighted by Gasteiger charge is 2.07. The maximum absolute atomic E-state index is 13.6. The van der Waals surface area contributed by atoms with Gasteiger partial charge in [-0.2, -0.15) is 0 Å². The molecule has 0 unspecified atom stereocenters. The Morgan fingerprint density at radius 1 is 1.38 bits per heavy atom. The summed E-state index contributed by atoms with van der Waals surface area (Å²) < 4.78 is 15.3. The van der Waals surface area contributed by atoms with Crippen molar-refractivity contribution < 1.29 is 4.39 Å². The Morgan fingerprint density at radius 2 is 2.19 bits per heavy atom. The van der Waals surface area contributed by atoms with E-state index in [2.05, 4.69) is 17.2 Å². The van der Waals surface area contributed by atoms with Crippen molar-refractivity contribution in [3.05, 3.63) is 42.5 Å². The number of rotatable bonds is 4. The standard InChI is InChI=1S/C12H14FN3/c1-2-7-14-12-15-8-9-16(12)11-6-4-3-5-10(11)13/h3-6,8-9H,2,7H2,1H3,(H,14,15). The zero-order valence-corrected chi connectivity index (χ0v) is 9.15. The van der Waals surface area contributed by atoms with Gasteiger partial charge in [0.25, 0.3) is 0 Å². The number of hydrogen-bond acceptors (Lipinski definition) is 2. The molecule has 0 fully saturated rings. The third kappa shape index (κ3) is 2.05. The number of halogens is 1. The summed E-state index contributed by atoms with van der Waals surface area (Å²) in [7, 11) is 0. The van der Waals surface area contributed by atoms with Gasteiger partial charge >= 0.3 is 0 Å². The number of para-hydroxylation sites is 1. The van der Waals surface area contributed by atoms with Crippen LogP contribution in [0.2, 0.25) is 0 Å². The number of aromatic nitrogens is 2. The van der Waals surface area contributed by atoms with Crippen molar-refractivity contribution in [1.82, 2.24) is 9.55 Å². The monoisotopic (exact) mass is 219 g/mol. The molecular formula is C12H14FN3. The number of nitrogens with one attached hydrogen (secondary N) is 1. The van der Waals surface area contributed by atoms with Gasteiger partial charge in [0.1, 0.15) is 5.82 Å². The van der Waals surface area contributed by atoms with Gasteiger partial charge < -0.3 is 5.32 Å². The van der Waals surface area contributed by atoms with E-state index in [1.54, 1.807) is 29.1 Å². The molecule has 0 spiro atoms. The summed E-state index contributed by atoms with van der Waals surface area (Å²) in [5.74, 6) is 0.423. The van der Waals surface area contributed by atoms with Gasteiger partial charge in [0.2, 0.25) is 5.95 Å². The molecule has 0 radical (unpaired) electrons. The van der Waals surface area contributed by atoms with Crippen molar-refractivity contribution in [3.8, 4) is 5.69 Å².